The molecule has 1 saturated heterocycles. The molecule has 2 aliphatic rings. The van der Waals surface area contributed by atoms with E-state index in [4.69, 9.17) is 12.2 Å². The Morgan fingerprint density at radius 1 is 1.29 bits per heavy atom. The molecular formula is C21H22F3N3O4. The molecule has 1 aromatic rings. The summed E-state index contributed by atoms with van der Waals surface area (Å²) in [6.07, 6.45) is 2.46. The van der Waals surface area contributed by atoms with Crippen molar-refractivity contribution in [1.29, 1.82) is 0 Å². The third-order valence-electron chi connectivity index (χ3n) is 5.54. The Bertz CT molecular complexity index is 904. The number of nitrogens with one attached hydrogen (secondary N) is 1. The van der Waals surface area contributed by atoms with Crippen LogP contribution in [0.25, 0.3) is 0 Å². The van der Waals surface area contributed by atoms with Crippen LogP contribution in [-0.2, 0) is 19.8 Å². The summed E-state index contributed by atoms with van der Waals surface area (Å²) in [7, 11) is 0. The number of alkyl halides is 3. The molecule has 0 bridgehead atoms. The van der Waals surface area contributed by atoms with E-state index in [1.165, 1.54) is 29.2 Å². The standard InChI is InChI=1S/C21H22F3N3O4/c1-2-14(12-17(25)28)26-18(29)16-4-3-11-27(16)19(30)20(9-10-20)13-5-7-15(8-6-13)31-21(22,23)24/h1,5-8,14,16H,3-4,9-12H2,(H2,25,28)(H,26,29)/t14?,16-/m0/s1. The maximum absolute atomic E-state index is 13.3. The van der Waals surface area contributed by atoms with Gasteiger partial charge in [-0.05, 0) is 43.4 Å². The second-order valence-corrected chi connectivity index (χ2v) is 7.71. The second-order valence-electron chi connectivity index (χ2n) is 7.71. The van der Waals surface area contributed by atoms with Gasteiger partial charge in [-0.2, -0.15) is 0 Å². The van der Waals surface area contributed by atoms with Crippen molar-refractivity contribution >= 4 is 17.7 Å². The summed E-state index contributed by atoms with van der Waals surface area (Å²) in [6.45, 7) is 0.379. The van der Waals surface area contributed by atoms with Gasteiger partial charge in [-0.15, -0.1) is 19.6 Å². The highest BCUT2D eigenvalue weighted by Gasteiger charge is 2.55. The van der Waals surface area contributed by atoms with Crippen LogP contribution in [0.15, 0.2) is 24.3 Å². The van der Waals surface area contributed by atoms with Crippen LogP contribution in [0.5, 0.6) is 5.75 Å². The largest absolute Gasteiger partial charge is 0.573 e. The van der Waals surface area contributed by atoms with Crippen molar-refractivity contribution in [3.8, 4) is 18.1 Å². The fourth-order valence-corrected chi connectivity index (χ4v) is 3.90. The number of terminal acetylenes is 1. The minimum atomic E-state index is -4.80. The number of nitrogens with zero attached hydrogens (tertiary/aromatic N) is 1. The van der Waals surface area contributed by atoms with Crippen LogP contribution in [0.1, 0.15) is 37.7 Å². The highest BCUT2D eigenvalue weighted by atomic mass is 19.4. The van der Waals surface area contributed by atoms with E-state index in [2.05, 4.69) is 16.0 Å². The van der Waals surface area contributed by atoms with Crippen LogP contribution in [0, 0.1) is 12.3 Å². The number of carbonyl (C=O) groups excluding carboxylic acids is 3. The van der Waals surface area contributed by atoms with Gasteiger partial charge in [-0.25, -0.2) is 0 Å². The number of amides is 3. The number of carbonyl (C=O) groups is 3. The zero-order chi connectivity index (χ0) is 22.8. The molecule has 3 amide bonds. The Morgan fingerprint density at radius 3 is 2.45 bits per heavy atom. The van der Waals surface area contributed by atoms with Gasteiger partial charge in [-0.3, -0.25) is 14.4 Å². The fourth-order valence-electron chi connectivity index (χ4n) is 3.90. The highest BCUT2D eigenvalue weighted by molar-refractivity contribution is 5.96. The van der Waals surface area contributed by atoms with Gasteiger partial charge in [0.05, 0.1) is 17.9 Å². The molecule has 1 aliphatic heterocycles. The van der Waals surface area contributed by atoms with Crippen LogP contribution in [0.4, 0.5) is 13.2 Å². The maximum Gasteiger partial charge on any atom is 0.573 e. The molecule has 31 heavy (non-hydrogen) atoms. The molecule has 0 spiro atoms. The molecule has 1 heterocycles. The van der Waals surface area contributed by atoms with Crippen molar-refractivity contribution in [1.82, 2.24) is 10.2 Å². The van der Waals surface area contributed by atoms with Crippen molar-refractivity contribution < 1.29 is 32.3 Å². The number of rotatable bonds is 7. The van der Waals surface area contributed by atoms with Gasteiger partial charge in [0, 0.05) is 6.54 Å². The van der Waals surface area contributed by atoms with E-state index in [0.29, 0.717) is 37.8 Å². The molecule has 7 nitrogen and oxygen atoms in total. The Morgan fingerprint density at radius 2 is 1.94 bits per heavy atom. The number of likely N-dealkylation sites (tertiary alicyclic amines) is 1. The molecule has 3 N–H and O–H groups in total. The summed E-state index contributed by atoms with van der Waals surface area (Å²) in [4.78, 5) is 38.6. The van der Waals surface area contributed by atoms with Gasteiger partial charge in [0.2, 0.25) is 17.7 Å². The number of nitrogens with two attached hydrogens (primary N) is 1. The van der Waals surface area contributed by atoms with E-state index in [-0.39, 0.29) is 18.1 Å². The van der Waals surface area contributed by atoms with Crippen molar-refractivity contribution in [2.45, 2.75) is 56.0 Å². The molecule has 1 aromatic carbocycles. The Labute approximate surface area is 177 Å². The maximum atomic E-state index is 13.3. The fraction of sp³-hybridized carbons (Fsp3) is 0.476. The number of ether oxygens (including phenoxy) is 1. The zero-order valence-electron chi connectivity index (χ0n) is 16.6. The third-order valence-corrected chi connectivity index (χ3v) is 5.54. The predicted octanol–water partition coefficient (Wildman–Crippen LogP) is 1.60. The van der Waals surface area contributed by atoms with Crippen LogP contribution in [-0.4, -0.2) is 47.6 Å². The summed E-state index contributed by atoms with van der Waals surface area (Å²) < 4.78 is 41.0. The number of halogens is 3. The molecule has 10 heteroatoms. The Kier molecular flexibility index (Phi) is 6.15. The van der Waals surface area contributed by atoms with Gasteiger partial charge in [0.1, 0.15) is 11.8 Å². The number of benzene rings is 1. The molecule has 1 unspecified atom stereocenters. The van der Waals surface area contributed by atoms with E-state index >= 15 is 0 Å². The molecule has 1 saturated carbocycles. The van der Waals surface area contributed by atoms with Gasteiger partial charge >= 0.3 is 6.36 Å². The van der Waals surface area contributed by atoms with E-state index in [9.17, 15) is 27.6 Å². The van der Waals surface area contributed by atoms with E-state index in [1.807, 2.05) is 0 Å². The molecule has 0 aromatic heterocycles. The number of hydrogen-bond acceptors (Lipinski definition) is 4. The normalized spacial score (nSPS) is 20.5. The number of primary amides is 1. The van der Waals surface area contributed by atoms with Gasteiger partial charge < -0.3 is 20.7 Å². The topological polar surface area (TPSA) is 102 Å². The first-order valence-electron chi connectivity index (χ1n) is 9.78. The van der Waals surface area contributed by atoms with E-state index in [1.54, 1.807) is 0 Å². The lowest BCUT2D eigenvalue weighted by Gasteiger charge is -2.29. The first kappa shape index (κ1) is 22.5. The molecule has 3 rings (SSSR count). The lowest BCUT2D eigenvalue weighted by atomic mass is 9.93. The van der Waals surface area contributed by atoms with E-state index < -0.39 is 35.7 Å². The van der Waals surface area contributed by atoms with E-state index in [0.717, 1.165) is 0 Å². The van der Waals surface area contributed by atoms with Crippen molar-refractivity contribution in [2.24, 2.45) is 5.73 Å². The minimum Gasteiger partial charge on any atom is -0.406 e. The molecular weight excluding hydrogens is 415 g/mol. The monoisotopic (exact) mass is 437 g/mol. The van der Waals surface area contributed by atoms with Gasteiger partial charge in [0.25, 0.3) is 0 Å². The quantitative estimate of drug-likeness (QED) is 0.633. The van der Waals surface area contributed by atoms with Crippen molar-refractivity contribution in [2.75, 3.05) is 6.54 Å². The molecule has 0 radical (unpaired) electrons. The lowest BCUT2D eigenvalue weighted by Crippen LogP contribution is -2.51. The molecule has 1 aliphatic carbocycles. The first-order chi connectivity index (χ1) is 14.6. The molecule has 2 fully saturated rings. The predicted molar refractivity (Wildman–Crippen MR) is 103 cm³/mol. The van der Waals surface area contributed by atoms with Crippen molar-refractivity contribution in [3.05, 3.63) is 29.8 Å². The highest BCUT2D eigenvalue weighted by Crippen LogP contribution is 2.50. The van der Waals surface area contributed by atoms with Crippen molar-refractivity contribution in [3.63, 3.8) is 0 Å². The smallest absolute Gasteiger partial charge is 0.406 e. The summed E-state index contributed by atoms with van der Waals surface area (Å²) in [5.74, 6) is 0.564. The van der Waals surface area contributed by atoms with Gasteiger partial charge in [0.15, 0.2) is 0 Å². The second kappa shape index (κ2) is 8.49. The van der Waals surface area contributed by atoms with Crippen LogP contribution >= 0.6 is 0 Å². The number of hydrogen-bond donors (Lipinski definition) is 2. The summed E-state index contributed by atoms with van der Waals surface area (Å²) in [5.41, 5.74) is 4.84. The van der Waals surface area contributed by atoms with Crippen LogP contribution in [0.2, 0.25) is 0 Å². The zero-order valence-corrected chi connectivity index (χ0v) is 16.6. The third kappa shape index (κ3) is 5.10. The van der Waals surface area contributed by atoms with Gasteiger partial charge in [-0.1, -0.05) is 18.1 Å². The Hall–Kier alpha value is -3.22. The molecule has 166 valence electrons. The summed E-state index contributed by atoms with van der Waals surface area (Å²) in [5, 5.41) is 2.57. The Balaban J connectivity index is 1.71. The average Bonchev–Trinajstić information content (AvgIpc) is 3.34. The average molecular weight is 437 g/mol. The summed E-state index contributed by atoms with van der Waals surface area (Å²) >= 11 is 0. The van der Waals surface area contributed by atoms with Crippen LogP contribution < -0.4 is 15.8 Å². The SMILES string of the molecule is C#CC(CC(N)=O)NC(=O)[C@@H]1CCCN1C(=O)C1(c2ccc(OC(F)(F)F)cc2)CC1. The summed E-state index contributed by atoms with van der Waals surface area (Å²) in [6, 6.07) is 3.63. The lowest BCUT2D eigenvalue weighted by molar-refractivity contribution is -0.274. The first-order valence-corrected chi connectivity index (χ1v) is 9.78. The van der Waals surface area contributed by atoms with Crippen LogP contribution in [0.3, 0.4) is 0 Å². The minimum absolute atomic E-state index is 0.209. The molecule has 2 atom stereocenters.